The monoisotopic (exact) mass is 265 g/mol. The first-order valence-electron chi connectivity index (χ1n) is 6.52. The van der Waals surface area contributed by atoms with Gasteiger partial charge in [0.15, 0.2) is 5.76 Å². The summed E-state index contributed by atoms with van der Waals surface area (Å²) in [5.41, 5.74) is 0. The lowest BCUT2D eigenvalue weighted by atomic mass is 10.3. The Balaban J connectivity index is 1.92. The van der Waals surface area contributed by atoms with Crippen molar-refractivity contribution in [2.24, 2.45) is 0 Å². The average molecular weight is 265 g/mol. The van der Waals surface area contributed by atoms with E-state index in [1.807, 2.05) is 13.0 Å². The molecule has 1 aromatic heterocycles. The molecule has 0 saturated carbocycles. The van der Waals surface area contributed by atoms with Gasteiger partial charge in [-0.05, 0) is 18.7 Å². The van der Waals surface area contributed by atoms with Crippen molar-refractivity contribution in [2.45, 2.75) is 13.5 Å². The van der Waals surface area contributed by atoms with Gasteiger partial charge in [0.1, 0.15) is 5.76 Å². The molecular formula is C13H19N3O3. The third-order valence-electron chi connectivity index (χ3n) is 3.17. The molecule has 1 fully saturated rings. The molecule has 2 heterocycles. The third-order valence-corrected chi connectivity index (χ3v) is 3.17. The Morgan fingerprint density at radius 3 is 2.74 bits per heavy atom. The van der Waals surface area contributed by atoms with Gasteiger partial charge in [0, 0.05) is 26.2 Å². The largest absolute Gasteiger partial charge is 0.455 e. The standard InChI is InChI=1S/C13H19N3O3/c1-2-14-9-11-3-4-12(19-11)13(18)16-7-5-15(10-17)6-8-16/h3-4,10,14H,2,5-9H2,1H3. The van der Waals surface area contributed by atoms with Crippen LogP contribution in [0, 0.1) is 0 Å². The SMILES string of the molecule is CCNCc1ccc(C(=O)N2CCN(C=O)CC2)o1. The highest BCUT2D eigenvalue weighted by Crippen LogP contribution is 2.12. The predicted molar refractivity (Wildman–Crippen MR) is 69.6 cm³/mol. The second kappa shape index (κ2) is 6.38. The van der Waals surface area contributed by atoms with Crippen LogP contribution in [0.1, 0.15) is 23.2 Å². The van der Waals surface area contributed by atoms with Gasteiger partial charge in [-0.25, -0.2) is 0 Å². The summed E-state index contributed by atoms with van der Waals surface area (Å²) < 4.78 is 5.52. The lowest BCUT2D eigenvalue weighted by Crippen LogP contribution is -2.48. The first kappa shape index (κ1) is 13.6. The fourth-order valence-electron chi connectivity index (χ4n) is 2.02. The summed E-state index contributed by atoms with van der Waals surface area (Å²) in [5.74, 6) is 1.03. The Morgan fingerprint density at radius 2 is 2.11 bits per heavy atom. The van der Waals surface area contributed by atoms with Crippen molar-refractivity contribution in [1.29, 1.82) is 0 Å². The Morgan fingerprint density at radius 1 is 1.37 bits per heavy atom. The third kappa shape index (κ3) is 3.35. The molecule has 1 aliphatic heterocycles. The number of rotatable bonds is 5. The van der Waals surface area contributed by atoms with Crippen LogP contribution in [0.3, 0.4) is 0 Å². The maximum atomic E-state index is 12.2. The summed E-state index contributed by atoms with van der Waals surface area (Å²) in [6.45, 7) is 5.78. The zero-order valence-corrected chi connectivity index (χ0v) is 11.1. The van der Waals surface area contributed by atoms with Crippen molar-refractivity contribution < 1.29 is 14.0 Å². The van der Waals surface area contributed by atoms with E-state index in [0.717, 1.165) is 18.7 Å². The van der Waals surface area contributed by atoms with Gasteiger partial charge in [-0.3, -0.25) is 9.59 Å². The Bertz CT molecular complexity index is 436. The summed E-state index contributed by atoms with van der Waals surface area (Å²) in [6.07, 6.45) is 0.823. The van der Waals surface area contributed by atoms with Crippen molar-refractivity contribution in [3.63, 3.8) is 0 Å². The van der Waals surface area contributed by atoms with E-state index in [-0.39, 0.29) is 5.91 Å². The fraction of sp³-hybridized carbons (Fsp3) is 0.538. The molecule has 0 aliphatic carbocycles. The van der Waals surface area contributed by atoms with Gasteiger partial charge in [0.05, 0.1) is 6.54 Å². The number of carbonyl (C=O) groups is 2. The van der Waals surface area contributed by atoms with E-state index >= 15 is 0 Å². The van der Waals surface area contributed by atoms with Crippen LogP contribution in [0.2, 0.25) is 0 Å². The summed E-state index contributed by atoms with van der Waals surface area (Å²) in [5, 5.41) is 3.15. The average Bonchev–Trinajstić information content (AvgIpc) is 2.93. The van der Waals surface area contributed by atoms with E-state index in [1.165, 1.54) is 0 Å². The number of hydrogen-bond donors (Lipinski definition) is 1. The molecule has 0 radical (unpaired) electrons. The maximum Gasteiger partial charge on any atom is 0.289 e. The number of amides is 2. The molecular weight excluding hydrogens is 246 g/mol. The maximum absolute atomic E-state index is 12.2. The topological polar surface area (TPSA) is 65.8 Å². The fourth-order valence-corrected chi connectivity index (χ4v) is 2.02. The summed E-state index contributed by atoms with van der Waals surface area (Å²) in [4.78, 5) is 26.2. The van der Waals surface area contributed by atoms with Crippen molar-refractivity contribution in [2.75, 3.05) is 32.7 Å². The van der Waals surface area contributed by atoms with Crippen LogP contribution in [-0.4, -0.2) is 54.8 Å². The van der Waals surface area contributed by atoms with Crippen LogP contribution < -0.4 is 5.32 Å². The lowest BCUT2D eigenvalue weighted by molar-refractivity contribution is -0.119. The van der Waals surface area contributed by atoms with Gasteiger partial charge in [0.25, 0.3) is 5.91 Å². The molecule has 1 saturated heterocycles. The molecule has 2 rings (SSSR count). The van der Waals surface area contributed by atoms with Crippen molar-refractivity contribution in [1.82, 2.24) is 15.1 Å². The van der Waals surface area contributed by atoms with Crippen LogP contribution in [0.25, 0.3) is 0 Å². The second-order valence-corrected chi connectivity index (χ2v) is 4.48. The minimum atomic E-state index is -0.103. The molecule has 0 aromatic carbocycles. The number of nitrogens with zero attached hydrogens (tertiary/aromatic N) is 2. The first-order chi connectivity index (χ1) is 9.24. The summed E-state index contributed by atoms with van der Waals surface area (Å²) in [7, 11) is 0. The van der Waals surface area contributed by atoms with Gasteiger partial charge < -0.3 is 19.5 Å². The number of hydrogen-bond acceptors (Lipinski definition) is 4. The highest BCUT2D eigenvalue weighted by molar-refractivity contribution is 5.91. The zero-order valence-electron chi connectivity index (χ0n) is 11.1. The summed E-state index contributed by atoms with van der Waals surface area (Å²) in [6, 6.07) is 3.53. The highest BCUT2D eigenvalue weighted by Gasteiger charge is 2.23. The van der Waals surface area contributed by atoms with E-state index in [0.29, 0.717) is 38.5 Å². The molecule has 1 N–H and O–H groups in total. The Labute approximate surface area is 112 Å². The smallest absolute Gasteiger partial charge is 0.289 e. The number of piperazine rings is 1. The molecule has 104 valence electrons. The zero-order chi connectivity index (χ0) is 13.7. The van der Waals surface area contributed by atoms with Gasteiger partial charge in [0.2, 0.25) is 6.41 Å². The van der Waals surface area contributed by atoms with Crippen LogP contribution >= 0.6 is 0 Å². The number of nitrogens with one attached hydrogen (secondary N) is 1. The molecule has 0 atom stereocenters. The molecule has 1 aromatic rings. The molecule has 19 heavy (non-hydrogen) atoms. The summed E-state index contributed by atoms with van der Waals surface area (Å²) >= 11 is 0. The molecule has 0 bridgehead atoms. The van der Waals surface area contributed by atoms with E-state index < -0.39 is 0 Å². The van der Waals surface area contributed by atoms with E-state index in [2.05, 4.69) is 5.32 Å². The normalized spacial score (nSPS) is 15.6. The number of carbonyl (C=O) groups excluding carboxylic acids is 2. The minimum Gasteiger partial charge on any atom is -0.455 e. The first-order valence-corrected chi connectivity index (χ1v) is 6.52. The highest BCUT2D eigenvalue weighted by atomic mass is 16.4. The molecule has 0 unspecified atom stereocenters. The Hall–Kier alpha value is -1.82. The van der Waals surface area contributed by atoms with Crippen LogP contribution in [-0.2, 0) is 11.3 Å². The Kier molecular flexibility index (Phi) is 4.57. The van der Waals surface area contributed by atoms with Crippen molar-refractivity contribution in [3.05, 3.63) is 23.7 Å². The van der Waals surface area contributed by atoms with Crippen LogP contribution in [0.4, 0.5) is 0 Å². The number of furan rings is 1. The predicted octanol–water partition coefficient (Wildman–Crippen LogP) is 0.303. The molecule has 2 amide bonds. The molecule has 6 nitrogen and oxygen atoms in total. The van der Waals surface area contributed by atoms with Crippen LogP contribution in [0.5, 0.6) is 0 Å². The van der Waals surface area contributed by atoms with Gasteiger partial charge in [-0.1, -0.05) is 6.92 Å². The van der Waals surface area contributed by atoms with Gasteiger partial charge >= 0.3 is 0 Å². The molecule has 0 spiro atoms. The quantitative estimate of drug-likeness (QED) is 0.778. The van der Waals surface area contributed by atoms with E-state index in [1.54, 1.807) is 15.9 Å². The molecule has 6 heteroatoms. The van der Waals surface area contributed by atoms with E-state index in [9.17, 15) is 9.59 Å². The van der Waals surface area contributed by atoms with Gasteiger partial charge in [-0.2, -0.15) is 0 Å². The lowest BCUT2D eigenvalue weighted by Gasteiger charge is -2.31. The van der Waals surface area contributed by atoms with Gasteiger partial charge in [-0.15, -0.1) is 0 Å². The van der Waals surface area contributed by atoms with Crippen molar-refractivity contribution >= 4 is 12.3 Å². The minimum absolute atomic E-state index is 0.103. The van der Waals surface area contributed by atoms with E-state index in [4.69, 9.17) is 4.42 Å². The van der Waals surface area contributed by atoms with Crippen LogP contribution in [0.15, 0.2) is 16.5 Å². The van der Waals surface area contributed by atoms with Crippen molar-refractivity contribution in [3.8, 4) is 0 Å². The second-order valence-electron chi connectivity index (χ2n) is 4.48. The molecule has 1 aliphatic rings.